The third kappa shape index (κ3) is 5.22. The van der Waals surface area contributed by atoms with Gasteiger partial charge in [-0.3, -0.25) is 4.79 Å². The fourth-order valence-corrected chi connectivity index (χ4v) is 4.57. The van der Waals surface area contributed by atoms with Gasteiger partial charge in [0.1, 0.15) is 11.4 Å². The maximum absolute atomic E-state index is 13.1. The van der Waals surface area contributed by atoms with Crippen LogP contribution in [0.4, 0.5) is 5.82 Å². The third-order valence-electron chi connectivity index (χ3n) is 6.60. The summed E-state index contributed by atoms with van der Waals surface area (Å²) in [5.41, 5.74) is 1.54. The molecule has 0 spiro atoms. The molecule has 2 aromatic rings. The molecule has 1 unspecified atom stereocenters. The number of anilines is 1. The molecule has 2 saturated heterocycles. The Morgan fingerprint density at radius 3 is 2.58 bits per heavy atom. The quantitative estimate of drug-likeness (QED) is 0.740. The monoisotopic (exact) mass is 422 g/mol. The maximum atomic E-state index is 13.1. The first kappa shape index (κ1) is 21.7. The number of rotatable bonds is 7. The van der Waals surface area contributed by atoms with Gasteiger partial charge in [-0.2, -0.15) is 0 Å². The van der Waals surface area contributed by atoms with Gasteiger partial charge in [-0.25, -0.2) is 9.97 Å². The summed E-state index contributed by atoms with van der Waals surface area (Å²) in [6, 6.07) is 10.5. The van der Waals surface area contributed by atoms with Crippen LogP contribution in [0.2, 0.25) is 0 Å². The molecule has 0 radical (unpaired) electrons. The molecule has 2 aliphatic rings. The number of nitrogens with one attached hydrogen (secondary N) is 1. The topological polar surface area (TPSA) is 64.6 Å². The second-order valence-corrected chi connectivity index (χ2v) is 8.54. The van der Waals surface area contributed by atoms with Crippen LogP contribution in [0.1, 0.15) is 36.5 Å². The predicted octanol–water partition coefficient (Wildman–Crippen LogP) is 2.50. The third-order valence-corrected chi connectivity index (χ3v) is 6.60. The van der Waals surface area contributed by atoms with Crippen LogP contribution in [0.5, 0.6) is 0 Å². The second kappa shape index (κ2) is 10.2. The van der Waals surface area contributed by atoms with Crippen molar-refractivity contribution in [2.75, 3.05) is 57.8 Å². The minimum atomic E-state index is -0.0758. The van der Waals surface area contributed by atoms with Gasteiger partial charge < -0.3 is 20.0 Å². The van der Waals surface area contributed by atoms with Gasteiger partial charge in [0.05, 0.1) is 0 Å². The molecule has 166 valence electrons. The molecule has 4 rings (SSSR count). The fourth-order valence-electron chi connectivity index (χ4n) is 4.57. The molecule has 1 atom stereocenters. The van der Waals surface area contributed by atoms with Gasteiger partial charge in [0.25, 0.3) is 5.91 Å². The lowest BCUT2D eigenvalue weighted by Gasteiger charge is -2.35. The number of hydrogen-bond donors (Lipinski definition) is 1. The smallest absolute Gasteiger partial charge is 0.256 e. The Labute approximate surface area is 185 Å². The van der Waals surface area contributed by atoms with E-state index >= 15 is 0 Å². The van der Waals surface area contributed by atoms with Gasteiger partial charge >= 0.3 is 0 Å². The first-order valence-electron chi connectivity index (χ1n) is 11.5. The van der Waals surface area contributed by atoms with Gasteiger partial charge in [-0.05, 0) is 39.4 Å². The fraction of sp³-hybridized carbons (Fsp3) is 0.542. The SMILES string of the molecule is CCN1CCN(c2nc(-c3ccccc3)ncc2C(=O)NCCC2CCCN2C)CC1. The molecule has 7 heteroatoms. The summed E-state index contributed by atoms with van der Waals surface area (Å²) in [4.78, 5) is 29.5. The van der Waals surface area contributed by atoms with Crippen LogP contribution in [0, 0.1) is 0 Å². The predicted molar refractivity (Wildman–Crippen MR) is 124 cm³/mol. The minimum Gasteiger partial charge on any atom is -0.353 e. The Balaban J connectivity index is 1.51. The molecule has 0 aliphatic carbocycles. The molecule has 2 fully saturated rings. The van der Waals surface area contributed by atoms with Gasteiger partial charge in [-0.15, -0.1) is 0 Å². The largest absolute Gasteiger partial charge is 0.353 e. The summed E-state index contributed by atoms with van der Waals surface area (Å²) in [6.45, 7) is 8.77. The Morgan fingerprint density at radius 1 is 1.13 bits per heavy atom. The molecule has 2 aliphatic heterocycles. The van der Waals surface area contributed by atoms with Crippen molar-refractivity contribution in [3.63, 3.8) is 0 Å². The zero-order valence-electron chi connectivity index (χ0n) is 18.8. The van der Waals surface area contributed by atoms with Crippen LogP contribution in [-0.2, 0) is 0 Å². The first-order valence-corrected chi connectivity index (χ1v) is 11.5. The van der Waals surface area contributed by atoms with Gasteiger partial charge in [0.2, 0.25) is 0 Å². The van der Waals surface area contributed by atoms with E-state index in [9.17, 15) is 4.79 Å². The van der Waals surface area contributed by atoms with Crippen LogP contribution in [0.15, 0.2) is 36.5 Å². The highest BCUT2D eigenvalue weighted by Gasteiger charge is 2.25. The number of hydrogen-bond acceptors (Lipinski definition) is 6. The van der Waals surface area contributed by atoms with Gasteiger partial charge in [0, 0.05) is 50.5 Å². The number of aromatic nitrogens is 2. The van der Waals surface area contributed by atoms with Gasteiger partial charge in [-0.1, -0.05) is 37.3 Å². The number of nitrogens with zero attached hydrogens (tertiary/aromatic N) is 5. The molecular weight excluding hydrogens is 388 g/mol. The van der Waals surface area contributed by atoms with Crippen LogP contribution in [0.3, 0.4) is 0 Å². The molecule has 0 bridgehead atoms. The number of carbonyl (C=O) groups is 1. The van der Waals surface area contributed by atoms with E-state index in [-0.39, 0.29) is 5.91 Å². The number of amides is 1. The van der Waals surface area contributed by atoms with Crippen molar-refractivity contribution in [1.29, 1.82) is 0 Å². The first-order chi connectivity index (χ1) is 15.2. The van der Waals surface area contributed by atoms with E-state index in [0.29, 0.717) is 24.0 Å². The van der Waals surface area contributed by atoms with E-state index in [1.165, 1.54) is 12.8 Å². The Kier molecular flexibility index (Phi) is 7.14. The lowest BCUT2D eigenvalue weighted by atomic mass is 10.1. The minimum absolute atomic E-state index is 0.0758. The highest BCUT2D eigenvalue weighted by Crippen LogP contribution is 2.24. The zero-order valence-corrected chi connectivity index (χ0v) is 18.8. The average Bonchev–Trinajstić information content (AvgIpc) is 3.24. The highest BCUT2D eigenvalue weighted by atomic mass is 16.1. The normalized spacial score (nSPS) is 20.2. The van der Waals surface area contributed by atoms with Crippen LogP contribution in [0.25, 0.3) is 11.4 Å². The Hall–Kier alpha value is -2.51. The van der Waals surface area contributed by atoms with Gasteiger partial charge in [0.15, 0.2) is 5.82 Å². The second-order valence-electron chi connectivity index (χ2n) is 8.54. The summed E-state index contributed by atoms with van der Waals surface area (Å²) < 4.78 is 0. The number of likely N-dealkylation sites (N-methyl/N-ethyl adjacent to an activating group) is 1. The highest BCUT2D eigenvalue weighted by molar-refractivity contribution is 5.99. The summed E-state index contributed by atoms with van der Waals surface area (Å²) in [6.07, 6.45) is 5.15. The number of benzene rings is 1. The molecule has 7 nitrogen and oxygen atoms in total. The van der Waals surface area contributed by atoms with E-state index in [4.69, 9.17) is 4.98 Å². The molecule has 1 aromatic heterocycles. The Morgan fingerprint density at radius 2 is 1.90 bits per heavy atom. The summed E-state index contributed by atoms with van der Waals surface area (Å²) in [5, 5.41) is 3.12. The summed E-state index contributed by atoms with van der Waals surface area (Å²) in [7, 11) is 2.17. The van der Waals surface area contributed by atoms with Crippen molar-refractivity contribution < 1.29 is 4.79 Å². The molecular formula is C24H34N6O. The van der Waals surface area contributed by atoms with Crippen molar-refractivity contribution in [2.24, 2.45) is 0 Å². The van der Waals surface area contributed by atoms with Crippen molar-refractivity contribution >= 4 is 11.7 Å². The van der Waals surface area contributed by atoms with E-state index in [1.807, 2.05) is 30.3 Å². The summed E-state index contributed by atoms with van der Waals surface area (Å²) >= 11 is 0. The van der Waals surface area contributed by atoms with Crippen LogP contribution < -0.4 is 10.2 Å². The Bertz CT molecular complexity index is 866. The zero-order chi connectivity index (χ0) is 21.6. The van der Waals surface area contributed by atoms with Crippen molar-refractivity contribution in [3.05, 3.63) is 42.1 Å². The van der Waals surface area contributed by atoms with Crippen LogP contribution >= 0.6 is 0 Å². The van der Waals surface area contributed by atoms with E-state index < -0.39 is 0 Å². The standard InChI is InChI=1S/C24H34N6O/c1-3-29-14-16-30(17-15-29)23-21(18-26-22(27-23)19-8-5-4-6-9-19)24(31)25-12-11-20-10-7-13-28(20)2/h4-6,8-9,18,20H,3,7,10-17H2,1-2H3,(H,25,31). The number of likely N-dealkylation sites (tertiary alicyclic amines) is 1. The molecule has 1 aromatic carbocycles. The van der Waals surface area contributed by atoms with E-state index in [1.54, 1.807) is 6.20 Å². The van der Waals surface area contributed by atoms with Crippen molar-refractivity contribution in [3.8, 4) is 11.4 Å². The molecule has 31 heavy (non-hydrogen) atoms. The molecule has 3 heterocycles. The summed E-state index contributed by atoms with van der Waals surface area (Å²) in [5.74, 6) is 1.34. The maximum Gasteiger partial charge on any atom is 0.256 e. The van der Waals surface area contributed by atoms with Crippen molar-refractivity contribution in [2.45, 2.75) is 32.2 Å². The van der Waals surface area contributed by atoms with Crippen LogP contribution in [-0.4, -0.2) is 84.6 Å². The van der Waals surface area contributed by atoms with E-state index in [2.05, 4.69) is 39.0 Å². The molecule has 1 N–H and O–H groups in total. The number of piperazine rings is 1. The molecule has 1 amide bonds. The lowest BCUT2D eigenvalue weighted by molar-refractivity contribution is 0.0950. The molecule has 0 saturated carbocycles. The number of carbonyl (C=O) groups excluding carboxylic acids is 1. The van der Waals surface area contributed by atoms with Crippen molar-refractivity contribution in [1.82, 2.24) is 25.1 Å². The van der Waals surface area contributed by atoms with E-state index in [0.717, 1.165) is 57.1 Å². The average molecular weight is 423 g/mol. The lowest BCUT2D eigenvalue weighted by Crippen LogP contribution is -2.47.